The number of aliphatic hydroxyl groups excluding tert-OH is 1. The largest absolute Gasteiger partial charge is 0.497 e. The fourth-order valence-electron chi connectivity index (χ4n) is 4.27. The third-order valence-corrected chi connectivity index (χ3v) is 6.79. The Hall–Kier alpha value is -3.68. The van der Waals surface area contributed by atoms with Crippen LogP contribution in [0.25, 0.3) is 0 Å². The Bertz CT molecular complexity index is 1270. The van der Waals surface area contributed by atoms with E-state index in [-0.39, 0.29) is 23.8 Å². The second-order valence-electron chi connectivity index (χ2n) is 11.9. The molecule has 0 saturated carbocycles. The molecule has 40 heavy (non-hydrogen) atoms. The minimum atomic E-state index is -0.882. The maximum atomic E-state index is 13.3. The first kappa shape index (κ1) is 30.9. The van der Waals surface area contributed by atoms with Crippen molar-refractivity contribution >= 4 is 11.8 Å². The van der Waals surface area contributed by atoms with Crippen LogP contribution in [0.2, 0.25) is 0 Å². The molecule has 3 rings (SSSR count). The quantitative estimate of drug-likeness (QED) is 0.265. The molecule has 7 nitrogen and oxygen atoms in total. The number of methoxy groups -OCH3 is 1. The smallest absolute Gasteiger partial charge is 0.251 e. The van der Waals surface area contributed by atoms with Gasteiger partial charge in [0, 0.05) is 29.8 Å². The van der Waals surface area contributed by atoms with E-state index in [1.54, 1.807) is 31.4 Å². The first-order chi connectivity index (χ1) is 18.9. The van der Waals surface area contributed by atoms with Gasteiger partial charge in [-0.2, -0.15) is 0 Å². The van der Waals surface area contributed by atoms with Crippen LogP contribution in [0, 0.1) is 5.41 Å². The third-order valence-electron chi connectivity index (χ3n) is 6.79. The number of hydrogen-bond acceptors (Lipinski definition) is 5. The second-order valence-corrected chi connectivity index (χ2v) is 11.9. The fourth-order valence-corrected chi connectivity index (χ4v) is 4.27. The topological polar surface area (TPSA) is 99.7 Å². The molecule has 0 unspecified atom stereocenters. The van der Waals surface area contributed by atoms with Crippen LogP contribution in [0.3, 0.4) is 0 Å². The van der Waals surface area contributed by atoms with Gasteiger partial charge in [-0.05, 0) is 67.1 Å². The van der Waals surface area contributed by atoms with Crippen molar-refractivity contribution < 1.29 is 19.4 Å². The molecule has 3 aromatic rings. The van der Waals surface area contributed by atoms with E-state index in [1.807, 2.05) is 89.2 Å². The monoisotopic (exact) mass is 545 g/mol. The number of ether oxygens (including phenoxy) is 1. The van der Waals surface area contributed by atoms with Gasteiger partial charge >= 0.3 is 0 Å². The highest BCUT2D eigenvalue weighted by molar-refractivity contribution is 5.99. The summed E-state index contributed by atoms with van der Waals surface area (Å²) in [7, 11) is 1.63. The molecule has 3 aromatic carbocycles. The van der Waals surface area contributed by atoms with Crippen LogP contribution >= 0.6 is 0 Å². The van der Waals surface area contributed by atoms with Gasteiger partial charge in [-0.15, -0.1) is 0 Å². The summed E-state index contributed by atoms with van der Waals surface area (Å²) in [6.45, 7) is 11.0. The van der Waals surface area contributed by atoms with Gasteiger partial charge in [0.15, 0.2) is 0 Å². The molecule has 7 heteroatoms. The zero-order valence-electron chi connectivity index (χ0n) is 24.5. The second kappa shape index (κ2) is 13.6. The molecule has 0 saturated heterocycles. The first-order valence-electron chi connectivity index (χ1n) is 13.7. The summed E-state index contributed by atoms with van der Waals surface area (Å²) >= 11 is 0. The van der Waals surface area contributed by atoms with Crippen molar-refractivity contribution in [1.82, 2.24) is 16.0 Å². The van der Waals surface area contributed by atoms with Crippen molar-refractivity contribution in [2.45, 2.75) is 58.7 Å². The van der Waals surface area contributed by atoms with Crippen LogP contribution in [0.4, 0.5) is 0 Å². The van der Waals surface area contributed by atoms with E-state index in [1.165, 1.54) is 0 Å². The van der Waals surface area contributed by atoms with Crippen LogP contribution in [0.1, 0.15) is 66.5 Å². The predicted molar refractivity (Wildman–Crippen MR) is 160 cm³/mol. The van der Waals surface area contributed by atoms with Gasteiger partial charge in [-0.25, -0.2) is 0 Å². The lowest BCUT2D eigenvalue weighted by molar-refractivity contribution is 0.0813. The third kappa shape index (κ3) is 9.21. The van der Waals surface area contributed by atoms with Crippen LogP contribution in [-0.2, 0) is 12.0 Å². The lowest BCUT2D eigenvalue weighted by Gasteiger charge is -2.31. The molecule has 0 radical (unpaired) electrons. The number of carbonyl (C=O) groups excluding carboxylic acids is 2. The van der Waals surface area contributed by atoms with Gasteiger partial charge < -0.3 is 25.8 Å². The summed E-state index contributed by atoms with van der Waals surface area (Å²) in [4.78, 5) is 26.0. The zero-order valence-corrected chi connectivity index (χ0v) is 24.5. The van der Waals surface area contributed by atoms with Gasteiger partial charge in [0.25, 0.3) is 11.8 Å². The van der Waals surface area contributed by atoms with Crippen LogP contribution < -0.4 is 20.7 Å². The van der Waals surface area contributed by atoms with E-state index in [9.17, 15) is 14.7 Å². The van der Waals surface area contributed by atoms with Crippen LogP contribution in [0.5, 0.6) is 5.75 Å². The summed E-state index contributed by atoms with van der Waals surface area (Å²) in [5.74, 6) is 0.184. The molecule has 0 aliphatic carbocycles. The average Bonchev–Trinajstić information content (AvgIpc) is 2.94. The Morgan fingerprint density at radius 3 is 2.15 bits per heavy atom. The maximum Gasteiger partial charge on any atom is 0.251 e. The highest BCUT2D eigenvalue weighted by atomic mass is 16.5. The van der Waals surface area contributed by atoms with Gasteiger partial charge in [0.2, 0.25) is 0 Å². The molecule has 0 heterocycles. The van der Waals surface area contributed by atoms with E-state index in [4.69, 9.17) is 4.74 Å². The standard InChI is InChI=1S/C33H43N3O4/c1-32(2,3)22-34-30(38)24-14-10-15-25(19-24)31(39)36-28(18-23-12-8-7-9-13-23)29(37)21-35-33(4,5)26-16-11-17-27(20-26)40-6/h7-17,19-20,28-29,35,37H,18,21-22H2,1-6H3,(H,34,38)(H,36,39)/t28-,29+/m0/s1. The number of nitrogens with one attached hydrogen (secondary N) is 3. The Kier molecular flexibility index (Phi) is 10.5. The van der Waals surface area contributed by atoms with E-state index < -0.39 is 17.7 Å². The Morgan fingerprint density at radius 2 is 1.50 bits per heavy atom. The molecular formula is C33H43N3O4. The van der Waals surface area contributed by atoms with E-state index in [0.717, 1.165) is 16.9 Å². The van der Waals surface area contributed by atoms with Gasteiger partial charge in [-0.1, -0.05) is 69.3 Å². The number of rotatable bonds is 12. The first-order valence-corrected chi connectivity index (χ1v) is 13.7. The summed E-state index contributed by atoms with van der Waals surface area (Å²) in [6, 6.07) is 23.6. The average molecular weight is 546 g/mol. The summed E-state index contributed by atoms with van der Waals surface area (Å²) in [5, 5.41) is 20.7. The minimum absolute atomic E-state index is 0.0549. The van der Waals surface area contributed by atoms with Crippen molar-refractivity contribution in [1.29, 1.82) is 0 Å². The summed E-state index contributed by atoms with van der Waals surface area (Å²) in [5.41, 5.74) is 2.28. The SMILES string of the molecule is COc1cccc(C(C)(C)NC[C@@H](O)[C@H](Cc2ccccc2)NC(=O)c2cccc(C(=O)NCC(C)(C)C)c2)c1. The van der Waals surface area contributed by atoms with Gasteiger partial charge in [0.05, 0.1) is 19.3 Å². The van der Waals surface area contributed by atoms with Crippen LogP contribution in [0.15, 0.2) is 78.9 Å². The lowest BCUT2D eigenvalue weighted by Crippen LogP contribution is -2.51. The molecular weight excluding hydrogens is 502 g/mol. The molecule has 0 spiro atoms. The summed E-state index contributed by atoms with van der Waals surface area (Å²) < 4.78 is 5.37. The zero-order chi connectivity index (χ0) is 29.3. The molecule has 214 valence electrons. The van der Waals surface area contributed by atoms with Crippen molar-refractivity contribution in [2.24, 2.45) is 5.41 Å². The Labute approximate surface area is 238 Å². The molecule has 0 bridgehead atoms. The van der Waals surface area contributed by atoms with Crippen molar-refractivity contribution in [3.05, 3.63) is 101 Å². The van der Waals surface area contributed by atoms with Crippen molar-refractivity contribution in [3.8, 4) is 5.75 Å². The van der Waals surface area contributed by atoms with Crippen LogP contribution in [-0.4, -0.2) is 49.3 Å². The molecule has 4 N–H and O–H groups in total. The normalized spacial score (nSPS) is 13.3. The predicted octanol–water partition coefficient (Wildman–Crippen LogP) is 4.70. The van der Waals surface area contributed by atoms with Crippen molar-refractivity contribution in [3.63, 3.8) is 0 Å². The fraction of sp³-hybridized carbons (Fsp3) is 0.394. The van der Waals surface area contributed by atoms with Crippen molar-refractivity contribution in [2.75, 3.05) is 20.2 Å². The Morgan fingerprint density at radius 1 is 0.850 bits per heavy atom. The van der Waals surface area contributed by atoms with E-state index >= 15 is 0 Å². The summed E-state index contributed by atoms with van der Waals surface area (Å²) in [6.07, 6.45) is -0.437. The minimum Gasteiger partial charge on any atom is -0.497 e. The molecule has 0 aromatic heterocycles. The number of aliphatic hydroxyl groups is 1. The molecule has 0 aliphatic rings. The molecule has 2 amide bonds. The lowest BCUT2D eigenvalue weighted by atomic mass is 9.93. The Balaban J connectivity index is 1.74. The number of benzene rings is 3. The van der Waals surface area contributed by atoms with E-state index in [2.05, 4.69) is 16.0 Å². The molecule has 0 fully saturated rings. The molecule has 0 aliphatic heterocycles. The number of carbonyl (C=O) groups is 2. The maximum absolute atomic E-state index is 13.3. The highest BCUT2D eigenvalue weighted by Crippen LogP contribution is 2.24. The highest BCUT2D eigenvalue weighted by Gasteiger charge is 2.27. The van der Waals surface area contributed by atoms with Gasteiger partial charge in [0.1, 0.15) is 5.75 Å². The number of hydrogen-bond donors (Lipinski definition) is 4. The molecule has 2 atom stereocenters. The van der Waals surface area contributed by atoms with E-state index in [0.29, 0.717) is 24.1 Å². The number of amides is 2. The van der Waals surface area contributed by atoms with Gasteiger partial charge in [-0.3, -0.25) is 9.59 Å².